The van der Waals surface area contributed by atoms with Crippen molar-refractivity contribution in [2.45, 2.75) is 20.8 Å². The average Bonchev–Trinajstić information content (AvgIpc) is 2.12. The van der Waals surface area contributed by atoms with E-state index in [-0.39, 0.29) is 0 Å². The molecule has 1 atom stereocenters. The van der Waals surface area contributed by atoms with E-state index in [0.717, 1.165) is 13.1 Å². The molecule has 2 heteroatoms. The second-order valence-electron chi connectivity index (χ2n) is 4.10. The largest absolute Gasteiger partial charge is 0.385 e. The molecule has 0 aliphatic rings. The summed E-state index contributed by atoms with van der Waals surface area (Å²) in [6, 6.07) is 6.50. The Kier molecular flexibility index (Phi) is 3.96. The lowest BCUT2D eigenvalue weighted by Gasteiger charge is -2.12. The van der Waals surface area contributed by atoms with Gasteiger partial charge in [-0.3, -0.25) is 0 Å². The minimum Gasteiger partial charge on any atom is -0.385 e. The molecule has 1 aromatic carbocycles. The van der Waals surface area contributed by atoms with Gasteiger partial charge in [-0.15, -0.1) is 0 Å². The Labute approximate surface area is 86.5 Å². The van der Waals surface area contributed by atoms with E-state index >= 15 is 0 Å². The van der Waals surface area contributed by atoms with E-state index < -0.39 is 0 Å². The molecule has 0 saturated carbocycles. The summed E-state index contributed by atoms with van der Waals surface area (Å²) in [5.41, 5.74) is 9.35. The van der Waals surface area contributed by atoms with Crippen molar-refractivity contribution in [1.29, 1.82) is 0 Å². The number of benzene rings is 1. The van der Waals surface area contributed by atoms with Crippen LogP contribution in [0.2, 0.25) is 0 Å². The van der Waals surface area contributed by atoms with Crippen molar-refractivity contribution < 1.29 is 0 Å². The van der Waals surface area contributed by atoms with Gasteiger partial charge in [0.15, 0.2) is 0 Å². The molecule has 0 fully saturated rings. The second-order valence-corrected chi connectivity index (χ2v) is 4.10. The van der Waals surface area contributed by atoms with Crippen molar-refractivity contribution in [3.05, 3.63) is 29.3 Å². The molecule has 0 radical (unpaired) electrons. The van der Waals surface area contributed by atoms with Crippen molar-refractivity contribution in [2.75, 3.05) is 18.4 Å². The number of rotatable bonds is 4. The van der Waals surface area contributed by atoms with Gasteiger partial charge in [-0.1, -0.05) is 13.0 Å². The highest BCUT2D eigenvalue weighted by molar-refractivity contribution is 5.48. The van der Waals surface area contributed by atoms with Gasteiger partial charge in [-0.25, -0.2) is 0 Å². The van der Waals surface area contributed by atoms with Crippen molar-refractivity contribution >= 4 is 5.69 Å². The summed E-state index contributed by atoms with van der Waals surface area (Å²) in [5.74, 6) is 0.524. The summed E-state index contributed by atoms with van der Waals surface area (Å²) >= 11 is 0. The van der Waals surface area contributed by atoms with Crippen LogP contribution in [0.15, 0.2) is 18.2 Å². The molecule has 0 spiro atoms. The van der Waals surface area contributed by atoms with Gasteiger partial charge in [0.2, 0.25) is 0 Å². The van der Waals surface area contributed by atoms with Crippen LogP contribution < -0.4 is 11.1 Å². The zero-order valence-electron chi connectivity index (χ0n) is 9.30. The van der Waals surface area contributed by atoms with Crippen molar-refractivity contribution in [1.82, 2.24) is 0 Å². The number of nitrogens with one attached hydrogen (secondary N) is 1. The van der Waals surface area contributed by atoms with Crippen LogP contribution in [0.25, 0.3) is 0 Å². The molecule has 1 aromatic rings. The van der Waals surface area contributed by atoms with Crippen molar-refractivity contribution in [2.24, 2.45) is 11.7 Å². The van der Waals surface area contributed by atoms with Crippen LogP contribution in [-0.4, -0.2) is 13.1 Å². The SMILES string of the molecule is Cc1cc(C)cc(NCC(C)CN)c1. The minimum absolute atomic E-state index is 0.524. The Morgan fingerprint density at radius 3 is 2.29 bits per heavy atom. The summed E-state index contributed by atoms with van der Waals surface area (Å²) < 4.78 is 0. The van der Waals surface area contributed by atoms with Gasteiger partial charge in [0.1, 0.15) is 0 Å². The predicted molar refractivity (Wildman–Crippen MR) is 62.6 cm³/mol. The van der Waals surface area contributed by atoms with Crippen LogP contribution >= 0.6 is 0 Å². The number of aryl methyl sites for hydroxylation is 2. The fourth-order valence-electron chi connectivity index (χ4n) is 1.45. The van der Waals surface area contributed by atoms with E-state index in [1.54, 1.807) is 0 Å². The average molecular weight is 192 g/mol. The fourth-order valence-corrected chi connectivity index (χ4v) is 1.45. The van der Waals surface area contributed by atoms with Crippen LogP contribution in [-0.2, 0) is 0 Å². The summed E-state index contributed by atoms with van der Waals surface area (Å²) in [5, 5.41) is 3.40. The molecule has 1 unspecified atom stereocenters. The lowest BCUT2D eigenvalue weighted by molar-refractivity contribution is 0.628. The Bertz CT molecular complexity index is 274. The Hall–Kier alpha value is -1.02. The van der Waals surface area contributed by atoms with Crippen LogP contribution in [0.1, 0.15) is 18.1 Å². The highest BCUT2D eigenvalue weighted by Gasteiger charge is 1.99. The van der Waals surface area contributed by atoms with E-state index in [9.17, 15) is 0 Å². The van der Waals surface area contributed by atoms with Gasteiger partial charge in [-0.2, -0.15) is 0 Å². The molecule has 0 saturated heterocycles. The molecule has 0 aliphatic carbocycles. The maximum absolute atomic E-state index is 5.56. The summed E-state index contributed by atoms with van der Waals surface area (Å²) in [4.78, 5) is 0. The zero-order chi connectivity index (χ0) is 10.6. The third kappa shape index (κ3) is 3.38. The van der Waals surface area contributed by atoms with E-state index in [0.29, 0.717) is 5.92 Å². The number of hydrogen-bond donors (Lipinski definition) is 2. The first kappa shape index (κ1) is 11.1. The molecular formula is C12H20N2. The van der Waals surface area contributed by atoms with Crippen LogP contribution in [0, 0.1) is 19.8 Å². The first-order chi connectivity index (χ1) is 6.61. The molecule has 0 aliphatic heterocycles. The quantitative estimate of drug-likeness (QED) is 0.768. The van der Waals surface area contributed by atoms with Crippen LogP contribution in [0.5, 0.6) is 0 Å². The second kappa shape index (κ2) is 5.01. The standard InChI is InChI=1S/C12H20N2/c1-9-4-10(2)6-12(5-9)14-8-11(3)7-13/h4-6,11,14H,7-8,13H2,1-3H3. The van der Waals surface area contributed by atoms with E-state index in [1.807, 2.05) is 0 Å². The minimum atomic E-state index is 0.524. The summed E-state index contributed by atoms with van der Waals surface area (Å²) in [7, 11) is 0. The normalized spacial score (nSPS) is 12.6. The van der Waals surface area contributed by atoms with E-state index in [2.05, 4.69) is 44.3 Å². The number of anilines is 1. The van der Waals surface area contributed by atoms with Gasteiger partial charge in [0.25, 0.3) is 0 Å². The van der Waals surface area contributed by atoms with Crippen LogP contribution in [0.4, 0.5) is 5.69 Å². The highest BCUT2D eigenvalue weighted by atomic mass is 14.9. The molecule has 1 rings (SSSR count). The first-order valence-electron chi connectivity index (χ1n) is 5.14. The summed E-state index contributed by atoms with van der Waals surface area (Å²) in [6.07, 6.45) is 0. The molecule has 0 amide bonds. The predicted octanol–water partition coefficient (Wildman–Crippen LogP) is 2.31. The molecule has 0 bridgehead atoms. The van der Waals surface area contributed by atoms with Gasteiger partial charge >= 0.3 is 0 Å². The molecule has 0 aromatic heterocycles. The van der Waals surface area contributed by atoms with Gasteiger partial charge in [-0.05, 0) is 49.6 Å². The van der Waals surface area contributed by atoms with E-state index in [4.69, 9.17) is 5.73 Å². The fraction of sp³-hybridized carbons (Fsp3) is 0.500. The smallest absolute Gasteiger partial charge is 0.0345 e. The van der Waals surface area contributed by atoms with Crippen LogP contribution in [0.3, 0.4) is 0 Å². The van der Waals surface area contributed by atoms with Gasteiger partial charge in [0.05, 0.1) is 0 Å². The first-order valence-corrected chi connectivity index (χ1v) is 5.14. The monoisotopic (exact) mass is 192 g/mol. The molecule has 14 heavy (non-hydrogen) atoms. The number of hydrogen-bond acceptors (Lipinski definition) is 2. The maximum atomic E-state index is 5.56. The Balaban J connectivity index is 2.58. The zero-order valence-corrected chi connectivity index (χ0v) is 9.30. The third-order valence-corrected chi connectivity index (χ3v) is 2.28. The molecule has 78 valence electrons. The third-order valence-electron chi connectivity index (χ3n) is 2.28. The van der Waals surface area contributed by atoms with Crippen molar-refractivity contribution in [3.63, 3.8) is 0 Å². The molecule has 2 nitrogen and oxygen atoms in total. The van der Waals surface area contributed by atoms with Gasteiger partial charge in [0, 0.05) is 12.2 Å². The lowest BCUT2D eigenvalue weighted by Crippen LogP contribution is -2.19. The topological polar surface area (TPSA) is 38.0 Å². The summed E-state index contributed by atoms with van der Waals surface area (Å²) in [6.45, 7) is 8.06. The highest BCUT2D eigenvalue weighted by Crippen LogP contribution is 2.13. The molecule has 0 heterocycles. The lowest BCUT2D eigenvalue weighted by atomic mass is 10.1. The Morgan fingerprint density at radius 1 is 1.21 bits per heavy atom. The molecule has 3 N–H and O–H groups in total. The number of nitrogens with two attached hydrogens (primary N) is 1. The van der Waals surface area contributed by atoms with Gasteiger partial charge < -0.3 is 11.1 Å². The maximum Gasteiger partial charge on any atom is 0.0345 e. The molecular weight excluding hydrogens is 172 g/mol. The van der Waals surface area contributed by atoms with Crippen molar-refractivity contribution in [3.8, 4) is 0 Å². The van der Waals surface area contributed by atoms with E-state index in [1.165, 1.54) is 16.8 Å². The Morgan fingerprint density at radius 2 is 1.79 bits per heavy atom.